The number of nitrogens with zero attached hydrogens (tertiary/aromatic N) is 1. The Hall–Kier alpha value is -0.610. The number of hydrogen-bond donors (Lipinski definition) is 2. The molecule has 4 N–H and O–H groups in total. The molecule has 1 saturated carbocycles. The highest BCUT2D eigenvalue weighted by molar-refractivity contribution is 5.84. The van der Waals surface area contributed by atoms with Crippen molar-refractivity contribution in [2.75, 3.05) is 13.1 Å². The minimum atomic E-state index is -0.744. The smallest absolute Gasteiger partial charge is 0.237 e. The van der Waals surface area contributed by atoms with Crippen LogP contribution in [0.3, 0.4) is 0 Å². The van der Waals surface area contributed by atoms with Gasteiger partial charge < -0.3 is 16.4 Å². The Labute approximate surface area is 104 Å². The quantitative estimate of drug-likeness (QED) is 0.766. The first-order chi connectivity index (χ1) is 8.05. The Balaban J connectivity index is 1.87. The van der Waals surface area contributed by atoms with Crippen LogP contribution in [0.1, 0.15) is 45.4 Å². The summed E-state index contributed by atoms with van der Waals surface area (Å²) in [6.45, 7) is 4.60. The molecule has 1 saturated heterocycles. The molecule has 1 aliphatic carbocycles. The fourth-order valence-corrected chi connectivity index (χ4v) is 3.31. The molecule has 98 valence electrons. The number of nitrogens with two attached hydrogens (primary N) is 2. The largest absolute Gasteiger partial charge is 0.368 e. The first-order valence-corrected chi connectivity index (χ1v) is 6.88. The number of hydrogen-bond acceptors (Lipinski definition) is 3. The van der Waals surface area contributed by atoms with Crippen LogP contribution in [0.15, 0.2) is 0 Å². The summed E-state index contributed by atoms with van der Waals surface area (Å²) in [5, 5.41) is 0. The number of rotatable bonds is 3. The number of amides is 1. The molecular formula is C13H25N3O. The van der Waals surface area contributed by atoms with Crippen LogP contribution in [0.2, 0.25) is 0 Å². The molecule has 2 rings (SSSR count). The van der Waals surface area contributed by atoms with Gasteiger partial charge in [0, 0.05) is 6.04 Å². The van der Waals surface area contributed by atoms with Gasteiger partial charge in [-0.1, -0.05) is 13.3 Å². The molecule has 0 spiro atoms. The van der Waals surface area contributed by atoms with Gasteiger partial charge in [-0.05, 0) is 51.1 Å². The summed E-state index contributed by atoms with van der Waals surface area (Å²) in [5.41, 5.74) is 10.7. The van der Waals surface area contributed by atoms with E-state index >= 15 is 0 Å². The van der Waals surface area contributed by atoms with E-state index in [9.17, 15) is 4.79 Å². The third-order valence-electron chi connectivity index (χ3n) is 4.76. The first-order valence-electron chi connectivity index (χ1n) is 6.88. The van der Waals surface area contributed by atoms with Crippen molar-refractivity contribution < 1.29 is 4.79 Å². The van der Waals surface area contributed by atoms with Gasteiger partial charge in [0.25, 0.3) is 0 Å². The Morgan fingerprint density at radius 2 is 2.00 bits per heavy atom. The van der Waals surface area contributed by atoms with E-state index in [0.717, 1.165) is 38.3 Å². The zero-order valence-electron chi connectivity index (χ0n) is 10.8. The average Bonchev–Trinajstić information content (AvgIpc) is 2.74. The van der Waals surface area contributed by atoms with E-state index in [-0.39, 0.29) is 5.91 Å². The summed E-state index contributed by atoms with van der Waals surface area (Å²) in [4.78, 5) is 13.8. The number of carbonyl (C=O) groups excluding carboxylic acids is 1. The molecule has 17 heavy (non-hydrogen) atoms. The van der Waals surface area contributed by atoms with Gasteiger partial charge >= 0.3 is 0 Å². The molecule has 4 nitrogen and oxygen atoms in total. The number of carbonyl (C=O) groups is 1. The molecule has 2 fully saturated rings. The van der Waals surface area contributed by atoms with Crippen LogP contribution in [0.4, 0.5) is 0 Å². The minimum Gasteiger partial charge on any atom is -0.368 e. The van der Waals surface area contributed by atoms with Gasteiger partial charge in [-0.25, -0.2) is 0 Å². The zero-order chi connectivity index (χ0) is 12.5. The topological polar surface area (TPSA) is 72.3 Å². The predicted molar refractivity (Wildman–Crippen MR) is 68.3 cm³/mol. The fraction of sp³-hybridized carbons (Fsp3) is 0.923. The predicted octanol–water partition coefficient (Wildman–Crippen LogP) is 0.844. The van der Waals surface area contributed by atoms with Gasteiger partial charge in [0.05, 0.1) is 5.54 Å². The summed E-state index contributed by atoms with van der Waals surface area (Å²) in [5.74, 6) is 0.565. The normalized spacial score (nSPS) is 36.2. The molecule has 4 heteroatoms. The van der Waals surface area contributed by atoms with Crippen LogP contribution in [0, 0.1) is 5.92 Å². The monoisotopic (exact) mass is 239 g/mol. The van der Waals surface area contributed by atoms with Crippen molar-refractivity contribution >= 4 is 5.91 Å². The molecule has 0 radical (unpaired) electrons. The standard InChI is InChI=1S/C13H25N3O/c1-2-10-4-7-16(8-5-10)11-3-6-13(15,9-11)12(14)17/h10-11H,2-9,15H2,1H3,(H2,14,17). The maximum atomic E-state index is 11.3. The van der Waals surface area contributed by atoms with Gasteiger partial charge in [-0.2, -0.15) is 0 Å². The molecule has 0 bridgehead atoms. The maximum Gasteiger partial charge on any atom is 0.237 e. The molecule has 1 amide bonds. The molecule has 2 atom stereocenters. The van der Waals surface area contributed by atoms with Crippen molar-refractivity contribution in [3.05, 3.63) is 0 Å². The molecular weight excluding hydrogens is 214 g/mol. The van der Waals surface area contributed by atoms with Crippen LogP contribution in [-0.2, 0) is 4.79 Å². The van der Waals surface area contributed by atoms with E-state index in [1.54, 1.807) is 0 Å². The van der Waals surface area contributed by atoms with Crippen molar-refractivity contribution in [1.29, 1.82) is 0 Å². The summed E-state index contributed by atoms with van der Waals surface area (Å²) >= 11 is 0. The Kier molecular flexibility index (Phi) is 3.73. The highest BCUT2D eigenvalue weighted by atomic mass is 16.1. The minimum absolute atomic E-state index is 0.330. The Morgan fingerprint density at radius 1 is 1.35 bits per heavy atom. The lowest BCUT2D eigenvalue weighted by atomic mass is 9.92. The third-order valence-corrected chi connectivity index (χ3v) is 4.76. The molecule has 1 aliphatic heterocycles. The summed E-state index contributed by atoms with van der Waals surface area (Å²) in [6.07, 6.45) is 6.40. The van der Waals surface area contributed by atoms with Crippen LogP contribution in [0.25, 0.3) is 0 Å². The fourth-order valence-electron chi connectivity index (χ4n) is 3.31. The Bertz CT molecular complexity index is 286. The first kappa shape index (κ1) is 12.8. The molecule has 0 aromatic heterocycles. The van der Waals surface area contributed by atoms with Crippen molar-refractivity contribution in [3.8, 4) is 0 Å². The second kappa shape index (κ2) is 4.94. The summed E-state index contributed by atoms with van der Waals surface area (Å²) in [7, 11) is 0. The zero-order valence-corrected chi connectivity index (χ0v) is 10.8. The van der Waals surface area contributed by atoms with E-state index in [2.05, 4.69) is 11.8 Å². The van der Waals surface area contributed by atoms with Gasteiger partial charge in [0.1, 0.15) is 0 Å². The lowest BCUT2D eigenvalue weighted by Crippen LogP contribution is -2.51. The summed E-state index contributed by atoms with van der Waals surface area (Å²) < 4.78 is 0. The van der Waals surface area contributed by atoms with E-state index in [1.807, 2.05) is 0 Å². The van der Waals surface area contributed by atoms with E-state index in [0.29, 0.717) is 6.04 Å². The second-order valence-corrected chi connectivity index (χ2v) is 5.80. The van der Waals surface area contributed by atoms with Crippen molar-refractivity contribution in [2.24, 2.45) is 17.4 Å². The number of primary amides is 1. The van der Waals surface area contributed by atoms with E-state index < -0.39 is 5.54 Å². The average molecular weight is 239 g/mol. The molecule has 0 aromatic rings. The highest BCUT2D eigenvalue weighted by Crippen LogP contribution is 2.33. The Morgan fingerprint density at radius 3 is 2.47 bits per heavy atom. The van der Waals surface area contributed by atoms with Crippen LogP contribution < -0.4 is 11.5 Å². The van der Waals surface area contributed by atoms with Crippen molar-refractivity contribution in [1.82, 2.24) is 4.90 Å². The maximum absolute atomic E-state index is 11.3. The van der Waals surface area contributed by atoms with Crippen LogP contribution >= 0.6 is 0 Å². The van der Waals surface area contributed by atoms with E-state index in [1.165, 1.54) is 19.3 Å². The van der Waals surface area contributed by atoms with Gasteiger partial charge in [-0.15, -0.1) is 0 Å². The number of likely N-dealkylation sites (tertiary alicyclic amines) is 1. The second-order valence-electron chi connectivity index (χ2n) is 5.80. The van der Waals surface area contributed by atoms with E-state index in [4.69, 9.17) is 11.5 Å². The van der Waals surface area contributed by atoms with Crippen LogP contribution in [0.5, 0.6) is 0 Å². The molecule has 2 unspecified atom stereocenters. The lowest BCUT2D eigenvalue weighted by Gasteiger charge is -2.36. The van der Waals surface area contributed by atoms with Gasteiger partial charge in [0.2, 0.25) is 5.91 Å². The van der Waals surface area contributed by atoms with Crippen molar-refractivity contribution in [3.63, 3.8) is 0 Å². The number of piperidine rings is 1. The van der Waals surface area contributed by atoms with Crippen LogP contribution in [-0.4, -0.2) is 35.5 Å². The van der Waals surface area contributed by atoms with Gasteiger partial charge in [0.15, 0.2) is 0 Å². The van der Waals surface area contributed by atoms with Gasteiger partial charge in [-0.3, -0.25) is 4.79 Å². The summed E-state index contributed by atoms with van der Waals surface area (Å²) in [6, 6.07) is 0.477. The van der Waals surface area contributed by atoms with Crippen molar-refractivity contribution in [2.45, 2.75) is 57.0 Å². The molecule has 2 aliphatic rings. The highest BCUT2D eigenvalue weighted by Gasteiger charge is 2.42. The SMILES string of the molecule is CCC1CCN(C2CCC(N)(C(N)=O)C2)CC1. The third kappa shape index (κ3) is 2.63. The molecule has 1 heterocycles. The lowest BCUT2D eigenvalue weighted by molar-refractivity contribution is -0.123. The molecule has 0 aromatic carbocycles.